The zero-order valence-electron chi connectivity index (χ0n) is 12.4. The topological polar surface area (TPSA) is 49.9 Å². The Bertz CT molecular complexity index is 305. The Morgan fingerprint density at radius 2 is 2.05 bits per heavy atom. The average Bonchev–Trinajstić information content (AvgIpc) is 2.37. The van der Waals surface area contributed by atoms with E-state index >= 15 is 0 Å². The molecule has 0 aromatic rings. The van der Waals surface area contributed by atoms with Gasteiger partial charge in [-0.1, -0.05) is 0 Å². The first kappa shape index (κ1) is 16.1. The lowest BCUT2D eigenvalue weighted by atomic mass is 10.0. The number of hydrogen-bond acceptors (Lipinski definition) is 5. The lowest BCUT2D eigenvalue weighted by molar-refractivity contribution is -0.144. The third kappa shape index (κ3) is 6.16. The summed E-state index contributed by atoms with van der Waals surface area (Å²) in [6.07, 6.45) is 2.83. The third-order valence-corrected chi connectivity index (χ3v) is 3.52. The van der Waals surface area contributed by atoms with Crippen molar-refractivity contribution in [3.63, 3.8) is 0 Å². The number of carbonyl (C=O) groups excluding carboxylic acids is 2. The molecule has 110 valence electrons. The number of hydrogen-bond donors (Lipinski definition) is 0. The molecule has 1 heterocycles. The average molecular weight is 270 g/mol. The minimum atomic E-state index is -0.277. The van der Waals surface area contributed by atoms with Crippen molar-refractivity contribution in [1.82, 2.24) is 9.80 Å². The molecule has 1 saturated heterocycles. The summed E-state index contributed by atoms with van der Waals surface area (Å²) in [5, 5.41) is 0. The Labute approximate surface area is 115 Å². The Balaban J connectivity index is 2.26. The predicted octanol–water partition coefficient (Wildman–Crippen LogP) is 0.925. The molecule has 1 aliphatic heterocycles. The molecule has 0 aliphatic carbocycles. The van der Waals surface area contributed by atoms with Crippen molar-refractivity contribution in [2.24, 2.45) is 0 Å². The smallest absolute Gasteiger partial charge is 0.306 e. The van der Waals surface area contributed by atoms with Crippen molar-refractivity contribution < 1.29 is 14.3 Å². The summed E-state index contributed by atoms with van der Waals surface area (Å²) in [5.41, 5.74) is 0. The van der Waals surface area contributed by atoms with Gasteiger partial charge in [0.1, 0.15) is 5.78 Å². The highest BCUT2D eigenvalue weighted by molar-refractivity contribution is 5.84. The van der Waals surface area contributed by atoms with E-state index in [-0.39, 0.29) is 18.2 Å². The van der Waals surface area contributed by atoms with Crippen LogP contribution < -0.4 is 0 Å². The molecule has 0 bridgehead atoms. The standard InChI is InChI=1S/C14H26N2O3/c1-4-19-14(18)8-7-13(17)11-16-9-5-6-12(10-16)15(2)3/h12H,4-11H2,1-3H3. The molecule has 1 atom stereocenters. The van der Waals surface area contributed by atoms with E-state index in [1.807, 2.05) is 0 Å². The summed E-state index contributed by atoms with van der Waals surface area (Å²) in [5.74, 6) is -0.145. The summed E-state index contributed by atoms with van der Waals surface area (Å²) in [7, 11) is 4.16. The molecule has 0 N–H and O–H groups in total. The fourth-order valence-electron chi connectivity index (χ4n) is 2.40. The van der Waals surface area contributed by atoms with Crippen LogP contribution in [-0.2, 0) is 14.3 Å². The highest BCUT2D eigenvalue weighted by Crippen LogP contribution is 2.13. The summed E-state index contributed by atoms with van der Waals surface area (Å²) < 4.78 is 4.82. The molecule has 5 nitrogen and oxygen atoms in total. The lowest BCUT2D eigenvalue weighted by Crippen LogP contribution is -2.46. The number of ketones is 1. The number of likely N-dealkylation sites (tertiary alicyclic amines) is 1. The van der Waals surface area contributed by atoms with E-state index in [9.17, 15) is 9.59 Å². The van der Waals surface area contributed by atoms with Crippen LogP contribution in [0, 0.1) is 0 Å². The van der Waals surface area contributed by atoms with Gasteiger partial charge < -0.3 is 9.64 Å². The monoisotopic (exact) mass is 270 g/mol. The van der Waals surface area contributed by atoms with Gasteiger partial charge in [-0.2, -0.15) is 0 Å². The minimum absolute atomic E-state index is 0.132. The highest BCUT2D eigenvalue weighted by atomic mass is 16.5. The van der Waals surface area contributed by atoms with E-state index in [0.717, 1.165) is 19.5 Å². The van der Waals surface area contributed by atoms with E-state index < -0.39 is 0 Å². The van der Waals surface area contributed by atoms with Crippen LogP contribution in [0.2, 0.25) is 0 Å². The summed E-state index contributed by atoms with van der Waals surface area (Å²) in [6, 6.07) is 0.534. The van der Waals surface area contributed by atoms with Gasteiger partial charge in [0, 0.05) is 19.0 Å². The fraction of sp³-hybridized carbons (Fsp3) is 0.857. The van der Waals surface area contributed by atoms with Crippen molar-refractivity contribution in [2.45, 2.75) is 38.6 Å². The maximum atomic E-state index is 11.8. The fourth-order valence-corrected chi connectivity index (χ4v) is 2.40. The van der Waals surface area contributed by atoms with E-state index in [4.69, 9.17) is 4.74 Å². The van der Waals surface area contributed by atoms with Gasteiger partial charge in [0.2, 0.25) is 0 Å². The van der Waals surface area contributed by atoms with E-state index in [1.54, 1.807) is 6.92 Å². The molecule has 1 aliphatic rings. The maximum Gasteiger partial charge on any atom is 0.306 e. The second-order valence-corrected chi connectivity index (χ2v) is 5.34. The largest absolute Gasteiger partial charge is 0.466 e. The first-order valence-corrected chi connectivity index (χ1v) is 7.09. The van der Waals surface area contributed by atoms with Crippen LogP contribution in [0.4, 0.5) is 0 Å². The minimum Gasteiger partial charge on any atom is -0.466 e. The van der Waals surface area contributed by atoms with Gasteiger partial charge >= 0.3 is 5.97 Å². The Morgan fingerprint density at radius 1 is 1.32 bits per heavy atom. The molecule has 0 saturated carbocycles. The van der Waals surface area contributed by atoms with Crippen LogP contribution in [0.3, 0.4) is 0 Å². The van der Waals surface area contributed by atoms with Crippen molar-refractivity contribution in [3.05, 3.63) is 0 Å². The second-order valence-electron chi connectivity index (χ2n) is 5.34. The molecular formula is C14H26N2O3. The molecule has 0 spiro atoms. The van der Waals surface area contributed by atoms with E-state index in [0.29, 0.717) is 25.6 Å². The van der Waals surface area contributed by atoms with Gasteiger partial charge in [-0.3, -0.25) is 14.5 Å². The number of Topliss-reactive ketones (excluding diaryl/α,β-unsaturated/α-hetero) is 1. The molecule has 1 rings (SSSR count). The number of nitrogens with zero attached hydrogens (tertiary/aromatic N) is 2. The van der Waals surface area contributed by atoms with Gasteiger partial charge in [-0.05, 0) is 40.4 Å². The molecule has 0 radical (unpaired) electrons. The van der Waals surface area contributed by atoms with E-state index in [1.165, 1.54) is 6.42 Å². The second kappa shape index (κ2) is 8.27. The number of likely N-dealkylation sites (N-methyl/N-ethyl adjacent to an activating group) is 1. The van der Waals surface area contributed by atoms with Crippen molar-refractivity contribution in [2.75, 3.05) is 40.3 Å². The number of esters is 1. The summed E-state index contributed by atoms with van der Waals surface area (Å²) in [6.45, 7) is 4.54. The van der Waals surface area contributed by atoms with Crippen LogP contribution in [-0.4, -0.2) is 67.9 Å². The molecule has 19 heavy (non-hydrogen) atoms. The molecule has 1 unspecified atom stereocenters. The van der Waals surface area contributed by atoms with Gasteiger partial charge in [-0.15, -0.1) is 0 Å². The molecule has 0 amide bonds. The van der Waals surface area contributed by atoms with Crippen LogP contribution >= 0.6 is 0 Å². The number of ether oxygens (including phenoxy) is 1. The number of rotatable bonds is 7. The van der Waals surface area contributed by atoms with Crippen molar-refractivity contribution >= 4 is 11.8 Å². The molecule has 0 aromatic carbocycles. The normalized spacial score (nSPS) is 20.5. The molecule has 5 heteroatoms. The molecule has 1 fully saturated rings. The summed E-state index contributed by atoms with van der Waals surface area (Å²) >= 11 is 0. The highest BCUT2D eigenvalue weighted by Gasteiger charge is 2.22. The summed E-state index contributed by atoms with van der Waals surface area (Å²) in [4.78, 5) is 27.4. The van der Waals surface area contributed by atoms with Gasteiger partial charge in [0.15, 0.2) is 0 Å². The third-order valence-electron chi connectivity index (χ3n) is 3.52. The van der Waals surface area contributed by atoms with Crippen molar-refractivity contribution in [3.8, 4) is 0 Å². The Hall–Kier alpha value is -0.940. The SMILES string of the molecule is CCOC(=O)CCC(=O)CN1CCCC(N(C)C)C1. The maximum absolute atomic E-state index is 11.8. The quantitative estimate of drug-likeness (QED) is 0.644. The molecular weight excluding hydrogens is 244 g/mol. The van der Waals surface area contributed by atoms with Crippen LogP contribution in [0.1, 0.15) is 32.6 Å². The zero-order chi connectivity index (χ0) is 14.3. The molecule has 0 aromatic heterocycles. The number of piperidine rings is 1. The Kier molecular flexibility index (Phi) is 7.02. The van der Waals surface area contributed by atoms with Crippen LogP contribution in [0.5, 0.6) is 0 Å². The van der Waals surface area contributed by atoms with Crippen molar-refractivity contribution in [1.29, 1.82) is 0 Å². The van der Waals surface area contributed by atoms with Gasteiger partial charge in [0.05, 0.1) is 19.6 Å². The van der Waals surface area contributed by atoms with E-state index in [2.05, 4.69) is 23.9 Å². The Morgan fingerprint density at radius 3 is 2.68 bits per heavy atom. The van der Waals surface area contributed by atoms with Crippen LogP contribution in [0.15, 0.2) is 0 Å². The van der Waals surface area contributed by atoms with Gasteiger partial charge in [-0.25, -0.2) is 0 Å². The lowest BCUT2D eigenvalue weighted by Gasteiger charge is -2.35. The van der Waals surface area contributed by atoms with Gasteiger partial charge in [0.25, 0.3) is 0 Å². The first-order chi connectivity index (χ1) is 9.02. The van der Waals surface area contributed by atoms with Crippen LogP contribution in [0.25, 0.3) is 0 Å². The first-order valence-electron chi connectivity index (χ1n) is 7.09. The zero-order valence-corrected chi connectivity index (χ0v) is 12.4. The predicted molar refractivity (Wildman–Crippen MR) is 74.0 cm³/mol. The number of carbonyl (C=O) groups is 2.